The van der Waals surface area contributed by atoms with Gasteiger partial charge < -0.3 is 20.6 Å². The van der Waals surface area contributed by atoms with Crippen LogP contribution >= 0.6 is 11.6 Å². The van der Waals surface area contributed by atoms with E-state index in [1.54, 1.807) is 0 Å². The van der Waals surface area contributed by atoms with E-state index in [1.807, 2.05) is 0 Å². The van der Waals surface area contributed by atoms with Gasteiger partial charge in [0.2, 0.25) is 0 Å². The summed E-state index contributed by atoms with van der Waals surface area (Å²) in [6.07, 6.45) is 11.4. The third-order valence-electron chi connectivity index (χ3n) is 3.81. The molecule has 0 N–H and O–H groups in total. The molecule has 24 heavy (non-hydrogen) atoms. The highest BCUT2D eigenvalue weighted by Gasteiger charge is 2.37. The lowest BCUT2D eigenvalue weighted by molar-refractivity contribution is 0.307. The van der Waals surface area contributed by atoms with E-state index in [4.69, 9.17) is 32.2 Å². The van der Waals surface area contributed by atoms with Crippen molar-refractivity contribution in [1.29, 1.82) is 0 Å². The summed E-state index contributed by atoms with van der Waals surface area (Å²) in [6, 6.07) is 1.91. The lowest BCUT2D eigenvalue weighted by Gasteiger charge is -2.30. The van der Waals surface area contributed by atoms with Gasteiger partial charge in [-0.1, -0.05) is 58.3 Å². The van der Waals surface area contributed by atoms with E-state index >= 15 is 0 Å². The molecule has 0 bridgehead atoms. The van der Waals surface area contributed by atoms with Crippen molar-refractivity contribution in [2.45, 2.75) is 76.8 Å². The fraction of sp³-hybridized carbons (Fsp3) is 1.00. The number of rotatable bonds is 12. The highest BCUT2D eigenvalue weighted by Crippen LogP contribution is 2.25. The Balaban J connectivity index is 2.31. The molecular weight excluding hydrogens is 412 g/mol. The molecule has 1 rings (SSSR count). The smallest absolute Gasteiger partial charge is 0.413 e. The Morgan fingerprint density at radius 2 is 1.17 bits per heavy atom. The van der Waals surface area contributed by atoms with Gasteiger partial charge in [-0.05, 0) is 18.5 Å². The van der Waals surface area contributed by atoms with Gasteiger partial charge in [0.1, 0.15) is 0 Å². The fourth-order valence-electron chi connectivity index (χ4n) is 2.50. The van der Waals surface area contributed by atoms with E-state index in [9.17, 15) is 0 Å². The van der Waals surface area contributed by atoms with Crippen molar-refractivity contribution in [1.82, 2.24) is 0 Å². The van der Waals surface area contributed by atoms with Crippen LogP contribution in [0, 0.1) is 0 Å². The van der Waals surface area contributed by atoms with E-state index in [0.29, 0.717) is 5.88 Å². The maximum atomic E-state index is 6.09. The molecule has 0 aliphatic carbocycles. The number of hydrogen-bond donors (Lipinski definition) is 0. The van der Waals surface area contributed by atoms with Crippen LogP contribution in [0.15, 0.2) is 0 Å². The van der Waals surface area contributed by atoms with Crippen molar-refractivity contribution in [2.24, 2.45) is 0 Å². The van der Waals surface area contributed by atoms with E-state index in [2.05, 4.69) is 6.92 Å². The predicted octanol–water partition coefficient (Wildman–Crippen LogP) is 3.43. The number of hydrogen-bond acceptors (Lipinski definition) is 5. The van der Waals surface area contributed by atoms with E-state index in [1.165, 1.54) is 44.9 Å². The molecule has 8 radical (unpaired) electrons. The van der Waals surface area contributed by atoms with Crippen LogP contribution in [-0.4, -0.2) is 54.5 Å². The summed E-state index contributed by atoms with van der Waals surface area (Å²) in [5, 5.41) is 0. The summed E-state index contributed by atoms with van der Waals surface area (Å²) in [6.45, 7) is 2.26. The molecule has 0 aromatic heterocycles. The van der Waals surface area contributed by atoms with Crippen LogP contribution in [0.5, 0.6) is 0 Å². The summed E-state index contributed by atoms with van der Waals surface area (Å²) in [5.41, 5.74) is 0. The number of halogens is 1. The van der Waals surface area contributed by atoms with Gasteiger partial charge in [-0.3, -0.25) is 0 Å². The SMILES string of the molecule is CCCCCCCCCC[Si]1(CCCCl)O[Si]O[Si]O[Si]O[Si]O1. The highest BCUT2D eigenvalue weighted by molar-refractivity contribution is 6.75. The van der Waals surface area contributed by atoms with Crippen molar-refractivity contribution in [3.8, 4) is 0 Å². The first-order valence-electron chi connectivity index (χ1n) is 8.72. The van der Waals surface area contributed by atoms with Crippen molar-refractivity contribution < 1.29 is 20.6 Å². The molecule has 11 heteroatoms. The van der Waals surface area contributed by atoms with Crippen molar-refractivity contribution in [3.05, 3.63) is 0 Å². The minimum atomic E-state index is -2.28. The van der Waals surface area contributed by atoms with Crippen LogP contribution in [0.1, 0.15) is 64.7 Å². The molecule has 1 aliphatic heterocycles. The first-order chi connectivity index (χ1) is 11.8. The third kappa shape index (κ3) is 11.7. The molecular formula is C13H27ClO5Si5. The molecule has 0 unspecified atom stereocenters. The predicted molar refractivity (Wildman–Crippen MR) is 102 cm³/mol. The standard InChI is InChI=1S/C13H27ClO5Si5/c1-2-3-4-5-6-7-8-9-12-24(13-10-11-14)18-22-16-20-15-21-17-23-19-24/h2-13H2,1H3. The molecule has 0 saturated carbocycles. The van der Waals surface area contributed by atoms with Crippen molar-refractivity contribution in [3.63, 3.8) is 0 Å². The first kappa shape index (κ1) is 23.2. The Morgan fingerprint density at radius 3 is 1.75 bits per heavy atom. The van der Waals surface area contributed by atoms with Gasteiger partial charge in [0.05, 0.1) is 0 Å². The van der Waals surface area contributed by atoms with Gasteiger partial charge in [0, 0.05) is 5.88 Å². The molecule has 1 aliphatic rings. The summed E-state index contributed by atoms with van der Waals surface area (Å²) >= 11 is 5.89. The quantitative estimate of drug-likeness (QED) is 0.265. The molecule has 0 amide bonds. The minimum absolute atomic E-state index is 0.00834. The zero-order chi connectivity index (χ0) is 17.3. The average Bonchev–Trinajstić information content (AvgIpc) is 2.61. The molecule has 1 saturated heterocycles. The Kier molecular flexibility index (Phi) is 15.8. The van der Waals surface area contributed by atoms with Crippen LogP contribution < -0.4 is 0 Å². The Hall–Kier alpha value is 1.17. The van der Waals surface area contributed by atoms with Gasteiger partial charge in [0.15, 0.2) is 0 Å². The molecule has 0 aromatic rings. The average molecular weight is 439 g/mol. The normalized spacial score (nSPS) is 19.2. The van der Waals surface area contributed by atoms with Gasteiger partial charge in [0.25, 0.3) is 0 Å². The zero-order valence-corrected chi connectivity index (χ0v) is 20.2. The molecule has 0 spiro atoms. The summed E-state index contributed by atoms with van der Waals surface area (Å²) in [7, 11) is -2.33. The van der Waals surface area contributed by atoms with E-state index in [0.717, 1.165) is 24.9 Å². The monoisotopic (exact) mass is 438 g/mol. The summed E-state index contributed by atoms with van der Waals surface area (Å²) in [5.74, 6) is 0.638. The number of unbranched alkanes of at least 4 members (excludes halogenated alkanes) is 7. The van der Waals surface area contributed by atoms with E-state index < -0.39 is 8.56 Å². The van der Waals surface area contributed by atoms with Gasteiger partial charge in [-0.2, -0.15) is 0 Å². The second-order valence-electron chi connectivity index (χ2n) is 5.77. The largest absolute Gasteiger partial charge is 0.414 e. The van der Waals surface area contributed by atoms with Crippen LogP contribution in [0.4, 0.5) is 0 Å². The molecule has 5 nitrogen and oxygen atoms in total. The highest BCUT2D eigenvalue weighted by atomic mass is 35.5. The van der Waals surface area contributed by atoms with Gasteiger partial charge >= 0.3 is 48.6 Å². The van der Waals surface area contributed by atoms with Gasteiger partial charge in [-0.25, -0.2) is 0 Å². The summed E-state index contributed by atoms with van der Waals surface area (Å²) in [4.78, 5) is 0. The van der Waals surface area contributed by atoms with Crippen LogP contribution in [0.25, 0.3) is 0 Å². The van der Waals surface area contributed by atoms with Crippen LogP contribution in [0.2, 0.25) is 12.1 Å². The molecule has 136 valence electrons. The Labute approximate surface area is 163 Å². The van der Waals surface area contributed by atoms with Crippen LogP contribution in [0.3, 0.4) is 0 Å². The Bertz CT molecular complexity index is 283. The summed E-state index contributed by atoms with van der Waals surface area (Å²) < 4.78 is 28.1. The zero-order valence-electron chi connectivity index (χ0n) is 14.4. The van der Waals surface area contributed by atoms with Crippen molar-refractivity contribution in [2.75, 3.05) is 5.88 Å². The second-order valence-corrected chi connectivity index (χ2v) is 13.7. The molecule has 0 aromatic carbocycles. The third-order valence-corrected chi connectivity index (χ3v) is 11.9. The lowest BCUT2D eigenvalue weighted by atomic mass is 10.1. The molecule has 0 atom stereocenters. The first-order valence-corrected chi connectivity index (χ1v) is 14.8. The minimum Gasteiger partial charge on any atom is -0.414 e. The molecule has 1 fully saturated rings. The van der Waals surface area contributed by atoms with Gasteiger partial charge in [-0.15, -0.1) is 11.6 Å². The van der Waals surface area contributed by atoms with Crippen LogP contribution in [-0.2, 0) is 20.6 Å². The fourth-order valence-corrected chi connectivity index (χ4v) is 10.6. The Morgan fingerprint density at radius 1 is 0.667 bits per heavy atom. The van der Waals surface area contributed by atoms with E-state index in [-0.39, 0.29) is 40.0 Å². The number of alkyl halides is 1. The maximum absolute atomic E-state index is 6.09. The maximum Gasteiger partial charge on any atom is 0.413 e. The topological polar surface area (TPSA) is 46.2 Å². The van der Waals surface area contributed by atoms with Crippen molar-refractivity contribution >= 4 is 60.2 Å². The molecule has 1 heterocycles. The second kappa shape index (κ2) is 16.4. The lowest BCUT2D eigenvalue weighted by Crippen LogP contribution is -2.46.